The number of carbonyl (C=O) groups excluding carboxylic acids is 1. The third kappa shape index (κ3) is 3.72. The minimum absolute atomic E-state index is 0.0789. The van der Waals surface area contributed by atoms with E-state index in [4.69, 9.17) is 10.5 Å². The van der Waals surface area contributed by atoms with E-state index in [9.17, 15) is 9.18 Å². The number of nitrogens with two attached hydrogens (primary N) is 1. The zero-order valence-corrected chi connectivity index (χ0v) is 12.9. The molecule has 0 spiro atoms. The summed E-state index contributed by atoms with van der Waals surface area (Å²) in [5.74, 6) is -0.169. The average molecular weight is 353 g/mol. The van der Waals surface area contributed by atoms with Crippen molar-refractivity contribution < 1.29 is 13.9 Å². The van der Waals surface area contributed by atoms with E-state index in [2.05, 4.69) is 21.2 Å². The lowest BCUT2D eigenvalue weighted by Crippen LogP contribution is -2.24. The Kier molecular flexibility index (Phi) is 4.80. The minimum Gasteiger partial charge on any atom is -0.497 e. The van der Waals surface area contributed by atoms with Gasteiger partial charge in [-0.3, -0.25) is 4.79 Å². The normalized spacial score (nSPS) is 10.2. The number of benzene rings is 2. The molecule has 2 rings (SSSR count). The number of nitrogen functional groups attached to an aromatic ring is 1. The Balaban J connectivity index is 2.10. The van der Waals surface area contributed by atoms with E-state index in [0.717, 1.165) is 4.47 Å². The Labute approximate surface area is 130 Å². The number of amides is 1. The molecular weight excluding hydrogens is 339 g/mol. The fraction of sp³-hybridized carbons (Fsp3) is 0.133. The van der Waals surface area contributed by atoms with Crippen LogP contribution in [0, 0.1) is 5.82 Å². The second kappa shape index (κ2) is 6.58. The quantitative estimate of drug-likeness (QED) is 0.831. The fourth-order valence-corrected chi connectivity index (χ4v) is 2.23. The first kappa shape index (κ1) is 15.3. The van der Waals surface area contributed by atoms with Crippen molar-refractivity contribution in [1.82, 2.24) is 5.32 Å². The highest BCUT2D eigenvalue weighted by atomic mass is 79.9. The van der Waals surface area contributed by atoms with Gasteiger partial charge in [-0.1, -0.05) is 15.9 Å². The van der Waals surface area contributed by atoms with Gasteiger partial charge in [0.1, 0.15) is 11.6 Å². The molecule has 110 valence electrons. The lowest BCUT2D eigenvalue weighted by molar-refractivity contribution is 0.0951. The molecule has 0 aliphatic rings. The molecule has 21 heavy (non-hydrogen) atoms. The Morgan fingerprint density at radius 3 is 2.76 bits per heavy atom. The van der Waals surface area contributed by atoms with Crippen molar-refractivity contribution in [3.05, 3.63) is 57.8 Å². The third-order valence-corrected chi connectivity index (χ3v) is 3.44. The van der Waals surface area contributed by atoms with Crippen LogP contribution in [0.5, 0.6) is 5.75 Å². The summed E-state index contributed by atoms with van der Waals surface area (Å²) in [6, 6.07) is 9.34. The van der Waals surface area contributed by atoms with E-state index >= 15 is 0 Å². The van der Waals surface area contributed by atoms with Crippen molar-refractivity contribution in [2.45, 2.75) is 6.54 Å². The van der Waals surface area contributed by atoms with Crippen LogP contribution < -0.4 is 15.8 Å². The van der Waals surface area contributed by atoms with Crippen molar-refractivity contribution in [1.29, 1.82) is 0 Å². The lowest BCUT2D eigenvalue weighted by Gasteiger charge is -2.10. The van der Waals surface area contributed by atoms with Gasteiger partial charge in [0.15, 0.2) is 0 Å². The molecule has 0 saturated heterocycles. The van der Waals surface area contributed by atoms with Crippen LogP contribution in [0.3, 0.4) is 0 Å². The summed E-state index contributed by atoms with van der Waals surface area (Å²) in [7, 11) is 1.52. The summed E-state index contributed by atoms with van der Waals surface area (Å²) in [5, 5.41) is 2.64. The maximum Gasteiger partial charge on any atom is 0.253 e. The van der Waals surface area contributed by atoms with Gasteiger partial charge in [-0.25, -0.2) is 4.39 Å². The molecule has 2 aromatic carbocycles. The van der Waals surface area contributed by atoms with Gasteiger partial charge < -0.3 is 15.8 Å². The van der Waals surface area contributed by atoms with Crippen molar-refractivity contribution in [2.75, 3.05) is 12.8 Å². The van der Waals surface area contributed by atoms with Gasteiger partial charge in [0, 0.05) is 28.3 Å². The number of rotatable bonds is 4. The van der Waals surface area contributed by atoms with Crippen LogP contribution in [0.2, 0.25) is 0 Å². The second-order valence-electron chi connectivity index (χ2n) is 4.37. The predicted octanol–water partition coefficient (Wildman–Crippen LogP) is 3.11. The summed E-state index contributed by atoms with van der Waals surface area (Å²) in [4.78, 5) is 12.1. The van der Waals surface area contributed by atoms with Crippen molar-refractivity contribution in [3.63, 3.8) is 0 Å². The monoisotopic (exact) mass is 352 g/mol. The van der Waals surface area contributed by atoms with Gasteiger partial charge in [0.2, 0.25) is 0 Å². The first-order valence-corrected chi connectivity index (χ1v) is 6.96. The molecule has 6 heteroatoms. The van der Waals surface area contributed by atoms with E-state index in [-0.39, 0.29) is 18.3 Å². The lowest BCUT2D eigenvalue weighted by atomic mass is 10.1. The number of carbonyl (C=O) groups is 1. The molecule has 0 bridgehead atoms. The average Bonchev–Trinajstić information content (AvgIpc) is 2.47. The summed E-state index contributed by atoms with van der Waals surface area (Å²) >= 11 is 3.26. The molecule has 0 fully saturated rings. The molecular formula is C15H14BrFN2O2. The molecule has 0 aromatic heterocycles. The summed E-state index contributed by atoms with van der Waals surface area (Å²) in [5.41, 5.74) is 6.82. The van der Waals surface area contributed by atoms with Crippen molar-refractivity contribution in [3.8, 4) is 5.75 Å². The molecule has 0 radical (unpaired) electrons. The molecule has 0 aliphatic heterocycles. The van der Waals surface area contributed by atoms with Crippen LogP contribution in [0.4, 0.5) is 10.1 Å². The van der Waals surface area contributed by atoms with Gasteiger partial charge >= 0.3 is 0 Å². The highest BCUT2D eigenvalue weighted by Crippen LogP contribution is 2.20. The number of methoxy groups -OCH3 is 1. The van der Waals surface area contributed by atoms with Gasteiger partial charge in [-0.15, -0.1) is 0 Å². The van der Waals surface area contributed by atoms with Crippen molar-refractivity contribution in [2.24, 2.45) is 0 Å². The van der Waals surface area contributed by atoms with E-state index in [1.54, 1.807) is 30.3 Å². The van der Waals surface area contributed by atoms with Gasteiger partial charge in [0.25, 0.3) is 5.91 Å². The number of anilines is 1. The van der Waals surface area contributed by atoms with Crippen molar-refractivity contribution >= 4 is 27.5 Å². The Morgan fingerprint density at radius 1 is 1.33 bits per heavy atom. The highest BCUT2D eigenvalue weighted by Gasteiger charge is 2.11. The number of hydrogen-bond acceptors (Lipinski definition) is 3. The van der Waals surface area contributed by atoms with Gasteiger partial charge in [-0.05, 0) is 30.3 Å². The molecule has 0 aliphatic carbocycles. The number of halogens is 2. The molecule has 4 nitrogen and oxygen atoms in total. The first-order valence-electron chi connectivity index (χ1n) is 6.17. The molecule has 0 unspecified atom stereocenters. The topological polar surface area (TPSA) is 64.3 Å². The maximum atomic E-state index is 13.6. The Bertz CT molecular complexity index is 677. The SMILES string of the molecule is COc1ccc(C(=O)NCc2cc(Br)ccc2F)c(N)c1. The standard InChI is InChI=1S/C15H14BrFN2O2/c1-21-11-3-4-12(14(18)7-11)15(20)19-8-9-6-10(16)2-5-13(9)17/h2-7H,8,18H2,1H3,(H,19,20). The van der Waals surface area contributed by atoms with Crippen LogP contribution in [0.25, 0.3) is 0 Å². The molecule has 2 aromatic rings. The van der Waals surface area contributed by atoms with Crippen LogP contribution >= 0.6 is 15.9 Å². The largest absolute Gasteiger partial charge is 0.497 e. The van der Waals surface area contributed by atoms with Gasteiger partial charge in [-0.2, -0.15) is 0 Å². The number of hydrogen-bond donors (Lipinski definition) is 2. The second-order valence-corrected chi connectivity index (χ2v) is 5.29. The maximum absolute atomic E-state index is 13.6. The predicted molar refractivity (Wildman–Crippen MR) is 82.7 cm³/mol. The number of ether oxygens (including phenoxy) is 1. The Hall–Kier alpha value is -2.08. The summed E-state index contributed by atoms with van der Waals surface area (Å²) in [6.07, 6.45) is 0. The molecule has 0 atom stereocenters. The van der Waals surface area contributed by atoms with Gasteiger partial charge in [0.05, 0.1) is 12.7 Å². The summed E-state index contributed by atoms with van der Waals surface area (Å²) < 4.78 is 19.4. The number of nitrogens with one attached hydrogen (secondary N) is 1. The van der Waals surface area contributed by atoms with E-state index in [1.807, 2.05) is 0 Å². The minimum atomic E-state index is -0.374. The van der Waals surface area contributed by atoms with E-state index in [1.165, 1.54) is 13.2 Å². The molecule has 1 amide bonds. The zero-order valence-electron chi connectivity index (χ0n) is 11.3. The van der Waals surface area contributed by atoms with Crippen LogP contribution in [-0.2, 0) is 6.54 Å². The highest BCUT2D eigenvalue weighted by molar-refractivity contribution is 9.10. The van der Waals surface area contributed by atoms with Crippen LogP contribution in [-0.4, -0.2) is 13.0 Å². The zero-order chi connectivity index (χ0) is 15.4. The third-order valence-electron chi connectivity index (χ3n) is 2.95. The van der Waals surface area contributed by atoms with E-state index in [0.29, 0.717) is 22.6 Å². The van der Waals surface area contributed by atoms with E-state index < -0.39 is 0 Å². The molecule has 0 heterocycles. The van der Waals surface area contributed by atoms with Crippen LogP contribution in [0.15, 0.2) is 40.9 Å². The fourth-order valence-electron chi connectivity index (χ4n) is 1.82. The molecule has 0 saturated carbocycles. The molecule has 3 N–H and O–H groups in total. The Morgan fingerprint density at radius 2 is 2.10 bits per heavy atom. The van der Waals surface area contributed by atoms with Crippen LogP contribution in [0.1, 0.15) is 15.9 Å². The first-order chi connectivity index (χ1) is 10.0. The smallest absolute Gasteiger partial charge is 0.253 e. The summed E-state index contributed by atoms with van der Waals surface area (Å²) in [6.45, 7) is 0.0789.